The highest BCUT2D eigenvalue weighted by molar-refractivity contribution is 7.47. The molecule has 8 nitrogen and oxygen atoms in total. The van der Waals surface area contributed by atoms with Crippen LogP contribution in [0.15, 0.2) is 122 Å². The summed E-state index contributed by atoms with van der Waals surface area (Å²) in [6.07, 6.45) is 65.8. The number of nitrogens with zero attached hydrogens (tertiary/aromatic N) is 1. The number of hydrogen-bond donors (Lipinski definition) is 3. The van der Waals surface area contributed by atoms with Crippen molar-refractivity contribution in [3.63, 3.8) is 0 Å². The maximum Gasteiger partial charge on any atom is 0.472 e. The Labute approximate surface area is 386 Å². The predicted molar refractivity (Wildman–Crippen MR) is 272 cm³/mol. The van der Waals surface area contributed by atoms with Gasteiger partial charge in [0.15, 0.2) is 0 Å². The summed E-state index contributed by atoms with van der Waals surface area (Å²) >= 11 is 0. The minimum atomic E-state index is -4.36. The lowest BCUT2D eigenvalue weighted by Gasteiger charge is -2.25. The van der Waals surface area contributed by atoms with Crippen LogP contribution in [0.1, 0.15) is 162 Å². The summed E-state index contributed by atoms with van der Waals surface area (Å²) < 4.78 is 23.5. The molecule has 0 saturated carbocycles. The van der Waals surface area contributed by atoms with Crippen LogP contribution in [-0.2, 0) is 18.4 Å². The van der Waals surface area contributed by atoms with E-state index in [1.165, 1.54) is 32.1 Å². The third-order valence-corrected chi connectivity index (χ3v) is 10.9. The first-order chi connectivity index (χ1) is 30.5. The van der Waals surface area contributed by atoms with Crippen LogP contribution in [-0.4, -0.2) is 73.4 Å². The highest BCUT2D eigenvalue weighted by atomic mass is 31.2. The number of carbonyl (C=O) groups excluding carboxylic acids is 1. The number of unbranched alkanes of at least 4 members (excludes halogenated alkanes) is 11. The number of aliphatic hydroxyl groups excluding tert-OH is 1. The number of phosphoric ester groups is 1. The third-order valence-electron chi connectivity index (χ3n) is 9.92. The van der Waals surface area contributed by atoms with Crippen LogP contribution < -0.4 is 5.32 Å². The van der Waals surface area contributed by atoms with Crippen molar-refractivity contribution in [2.45, 2.75) is 174 Å². The molecule has 0 aromatic rings. The summed E-state index contributed by atoms with van der Waals surface area (Å²) in [5, 5.41) is 13.8. The van der Waals surface area contributed by atoms with Gasteiger partial charge in [0.25, 0.3) is 0 Å². The standard InChI is InChI=1S/C54H91N2O6P/c1-6-8-10-12-14-16-18-19-20-21-22-23-24-25-26-27-28-29-30-31-32-33-34-35-36-37-38-40-42-44-46-48-54(58)55-52(51-62-63(59,60)61-50-49-56(3,4)5)53(57)47-45-43-41-39-17-15-13-11-9-7-2/h8,10,14,16-17,19-20,22-23,25-26,28-29,31-32,34-35,39,45,47,52-53,57H,6-7,9,11-13,15,18,21,24,27,30,33,36-38,40-44,46,48-51H2,1-5H3,(H-,55,58,59,60)/p+1/b10-8-,16-14-,20-19-,23-22-,26-25-,29-28-,32-31-,35-34-,39-17+,47-45+. The van der Waals surface area contributed by atoms with E-state index in [4.69, 9.17) is 9.05 Å². The van der Waals surface area contributed by atoms with Gasteiger partial charge in [-0.1, -0.05) is 180 Å². The highest BCUT2D eigenvalue weighted by Crippen LogP contribution is 2.43. The zero-order valence-corrected chi connectivity index (χ0v) is 41.4. The number of carbonyl (C=O) groups is 1. The maximum absolute atomic E-state index is 12.9. The molecule has 0 fully saturated rings. The van der Waals surface area contributed by atoms with E-state index in [1.807, 2.05) is 27.2 Å². The lowest BCUT2D eigenvalue weighted by atomic mass is 10.1. The predicted octanol–water partition coefficient (Wildman–Crippen LogP) is 14.2. The summed E-state index contributed by atoms with van der Waals surface area (Å²) in [5.74, 6) is -0.211. The molecule has 0 rings (SSSR count). The van der Waals surface area contributed by atoms with Crippen molar-refractivity contribution in [3.05, 3.63) is 122 Å². The average Bonchev–Trinajstić information content (AvgIpc) is 3.24. The van der Waals surface area contributed by atoms with Gasteiger partial charge in [0.05, 0.1) is 39.9 Å². The zero-order chi connectivity index (χ0) is 46.4. The van der Waals surface area contributed by atoms with E-state index < -0.39 is 20.0 Å². The number of allylic oxidation sites excluding steroid dienone is 19. The molecule has 63 heavy (non-hydrogen) atoms. The number of aliphatic hydroxyl groups is 1. The summed E-state index contributed by atoms with van der Waals surface area (Å²) in [6.45, 7) is 4.59. The molecule has 3 unspecified atom stereocenters. The molecule has 3 atom stereocenters. The molecule has 0 heterocycles. The van der Waals surface area contributed by atoms with Crippen LogP contribution >= 0.6 is 7.82 Å². The van der Waals surface area contributed by atoms with Crippen molar-refractivity contribution in [3.8, 4) is 0 Å². The zero-order valence-electron chi connectivity index (χ0n) is 40.5. The average molecular weight is 896 g/mol. The number of nitrogens with one attached hydrogen (secondary N) is 1. The van der Waals surface area contributed by atoms with Gasteiger partial charge in [-0.25, -0.2) is 4.57 Å². The Morgan fingerprint density at radius 1 is 0.556 bits per heavy atom. The molecule has 1 amide bonds. The minimum Gasteiger partial charge on any atom is -0.387 e. The van der Waals surface area contributed by atoms with Gasteiger partial charge in [0.1, 0.15) is 13.2 Å². The van der Waals surface area contributed by atoms with Crippen molar-refractivity contribution < 1.29 is 32.9 Å². The summed E-state index contributed by atoms with van der Waals surface area (Å²) in [4.78, 5) is 23.1. The Bertz CT molecular complexity index is 1430. The van der Waals surface area contributed by atoms with Crippen molar-refractivity contribution in [1.29, 1.82) is 0 Å². The van der Waals surface area contributed by atoms with E-state index in [9.17, 15) is 19.4 Å². The summed E-state index contributed by atoms with van der Waals surface area (Å²) in [7, 11) is 1.52. The number of amides is 1. The first-order valence-electron chi connectivity index (χ1n) is 24.4. The number of hydrogen-bond acceptors (Lipinski definition) is 5. The van der Waals surface area contributed by atoms with Crippen LogP contribution in [0.3, 0.4) is 0 Å². The van der Waals surface area contributed by atoms with Gasteiger partial charge in [0, 0.05) is 6.42 Å². The molecule has 0 spiro atoms. The van der Waals surface area contributed by atoms with Crippen molar-refractivity contribution in [2.75, 3.05) is 40.9 Å². The lowest BCUT2D eigenvalue weighted by molar-refractivity contribution is -0.870. The fourth-order valence-electron chi connectivity index (χ4n) is 6.07. The van der Waals surface area contributed by atoms with E-state index in [2.05, 4.69) is 129 Å². The third kappa shape index (κ3) is 46.7. The second-order valence-electron chi connectivity index (χ2n) is 17.1. The van der Waals surface area contributed by atoms with Crippen LogP contribution in [0.4, 0.5) is 0 Å². The van der Waals surface area contributed by atoms with Crippen molar-refractivity contribution >= 4 is 13.7 Å². The monoisotopic (exact) mass is 896 g/mol. The minimum absolute atomic E-state index is 0.0457. The molecular weight excluding hydrogens is 804 g/mol. The van der Waals surface area contributed by atoms with Crippen LogP contribution in [0.25, 0.3) is 0 Å². The van der Waals surface area contributed by atoms with Crippen LogP contribution in [0.5, 0.6) is 0 Å². The quantitative estimate of drug-likeness (QED) is 0.0244. The van der Waals surface area contributed by atoms with E-state index in [-0.39, 0.29) is 19.1 Å². The molecule has 9 heteroatoms. The Kier molecular flexibility index (Phi) is 41.9. The number of likely N-dealkylation sites (N-methyl/N-ethyl adjacent to an activating group) is 1. The fourth-order valence-corrected chi connectivity index (χ4v) is 6.81. The smallest absolute Gasteiger partial charge is 0.387 e. The second-order valence-corrected chi connectivity index (χ2v) is 18.5. The molecule has 0 aliphatic rings. The van der Waals surface area contributed by atoms with E-state index in [0.717, 1.165) is 109 Å². The van der Waals surface area contributed by atoms with Gasteiger partial charge in [-0.2, -0.15) is 0 Å². The van der Waals surface area contributed by atoms with E-state index in [0.29, 0.717) is 17.4 Å². The molecule has 0 aliphatic heterocycles. The molecule has 3 N–H and O–H groups in total. The van der Waals surface area contributed by atoms with Gasteiger partial charge >= 0.3 is 7.82 Å². The first kappa shape index (κ1) is 59.9. The molecule has 0 aromatic carbocycles. The SMILES string of the molecule is CC/C=C\C/C=C\C/C=C\C/C=C\C/C=C\C/C=C\C/C=C\C/C=C\CCCCCCCCC(=O)NC(COP(=O)(O)OCC[N+](C)(C)C)C(O)/C=C/CC/C=C/CCCCCC. The topological polar surface area (TPSA) is 105 Å². The molecule has 0 bridgehead atoms. The van der Waals surface area contributed by atoms with Crippen molar-refractivity contribution in [2.24, 2.45) is 0 Å². The van der Waals surface area contributed by atoms with Crippen LogP contribution in [0, 0.1) is 0 Å². The molecule has 0 aromatic heterocycles. The Morgan fingerprint density at radius 3 is 1.46 bits per heavy atom. The van der Waals surface area contributed by atoms with Gasteiger partial charge in [0.2, 0.25) is 5.91 Å². The number of quaternary nitrogens is 1. The molecule has 0 aliphatic carbocycles. The largest absolute Gasteiger partial charge is 0.472 e. The van der Waals surface area contributed by atoms with Crippen molar-refractivity contribution in [1.82, 2.24) is 5.32 Å². The highest BCUT2D eigenvalue weighted by Gasteiger charge is 2.27. The van der Waals surface area contributed by atoms with Gasteiger partial charge < -0.3 is 19.8 Å². The summed E-state index contributed by atoms with van der Waals surface area (Å²) in [6, 6.07) is -0.878. The molecule has 0 saturated heterocycles. The number of phosphoric acid groups is 1. The Morgan fingerprint density at radius 2 is 0.968 bits per heavy atom. The van der Waals surface area contributed by atoms with Gasteiger partial charge in [-0.05, 0) is 96.3 Å². The van der Waals surface area contributed by atoms with E-state index in [1.54, 1.807) is 6.08 Å². The maximum atomic E-state index is 12.9. The Hall–Kier alpha value is -3.10. The fraction of sp³-hybridized carbons (Fsp3) is 0.611. The van der Waals surface area contributed by atoms with E-state index >= 15 is 0 Å². The normalized spacial score (nSPS) is 15.2. The van der Waals surface area contributed by atoms with Gasteiger partial charge in [-0.15, -0.1) is 0 Å². The molecule has 358 valence electrons. The first-order valence-corrected chi connectivity index (χ1v) is 25.9. The number of rotatable bonds is 42. The lowest BCUT2D eigenvalue weighted by Crippen LogP contribution is -2.45. The second kappa shape index (κ2) is 44.1. The summed E-state index contributed by atoms with van der Waals surface area (Å²) in [5.41, 5.74) is 0. The van der Waals surface area contributed by atoms with Gasteiger partial charge in [-0.3, -0.25) is 13.8 Å². The van der Waals surface area contributed by atoms with Crippen LogP contribution in [0.2, 0.25) is 0 Å². The Balaban J connectivity index is 4.26. The molecular formula is C54H92N2O6P+. The molecule has 0 radical (unpaired) electrons.